The van der Waals surface area contributed by atoms with Gasteiger partial charge in [0, 0.05) is 0 Å². The molecule has 1 fully saturated rings. The number of benzene rings is 1. The lowest BCUT2D eigenvalue weighted by Crippen LogP contribution is -2.45. The summed E-state index contributed by atoms with van der Waals surface area (Å²) in [6.45, 7) is 0. The van der Waals surface area contributed by atoms with Crippen LogP contribution in [0.1, 0.15) is 0 Å². The van der Waals surface area contributed by atoms with Crippen LogP contribution in [0, 0.1) is 0 Å². The third-order valence-electron chi connectivity index (χ3n) is 3.25. The van der Waals surface area contributed by atoms with Crippen molar-refractivity contribution in [2.75, 3.05) is 24.3 Å². The van der Waals surface area contributed by atoms with Gasteiger partial charge in [-0.05, 0) is 17.7 Å². The van der Waals surface area contributed by atoms with Gasteiger partial charge in [0.25, 0.3) is 0 Å². The summed E-state index contributed by atoms with van der Waals surface area (Å²) < 4.78 is 38.1. The molecule has 0 atom stereocenters. The molecule has 1 aromatic carbocycles. The first-order chi connectivity index (χ1) is 9.98. The van der Waals surface area contributed by atoms with Gasteiger partial charge in [-0.3, -0.25) is 0 Å². The number of aromatic nitrogens is 1. The maximum absolute atomic E-state index is 11.2. The normalized spacial score (nSPS) is 17.2. The van der Waals surface area contributed by atoms with E-state index in [4.69, 9.17) is 19.7 Å². The maximum Gasteiger partial charge on any atom is 0.229 e. The average molecular weight is 310 g/mol. The molecule has 2 N–H and O–H groups in total. The standard InChI is InChI=1S/C13H14N2O5S/c1-18-11-3-2-8(10-5-15-20-13(10)14)4-12(11)19-9-6-21(16,17)7-9/h2-5,9H,6-7,14H2,1H3. The first kappa shape index (κ1) is 13.7. The van der Waals surface area contributed by atoms with Gasteiger partial charge in [-0.2, -0.15) is 0 Å². The third kappa shape index (κ3) is 2.66. The van der Waals surface area contributed by atoms with E-state index in [0.29, 0.717) is 17.1 Å². The van der Waals surface area contributed by atoms with Crippen LogP contribution in [-0.2, 0) is 9.84 Å². The second-order valence-corrected chi connectivity index (χ2v) is 6.94. The molecule has 3 rings (SSSR count). The van der Waals surface area contributed by atoms with Gasteiger partial charge in [-0.25, -0.2) is 8.42 Å². The molecule has 1 aromatic heterocycles. The van der Waals surface area contributed by atoms with Gasteiger partial charge < -0.3 is 19.7 Å². The Balaban J connectivity index is 1.89. The van der Waals surface area contributed by atoms with Crippen LogP contribution < -0.4 is 15.2 Å². The van der Waals surface area contributed by atoms with Gasteiger partial charge in [0.05, 0.1) is 30.4 Å². The topological polar surface area (TPSA) is 105 Å². The van der Waals surface area contributed by atoms with Crippen molar-refractivity contribution in [2.45, 2.75) is 6.10 Å². The van der Waals surface area contributed by atoms with Gasteiger partial charge in [-0.1, -0.05) is 11.2 Å². The highest BCUT2D eigenvalue weighted by Crippen LogP contribution is 2.36. The number of anilines is 1. The molecule has 0 saturated carbocycles. The van der Waals surface area contributed by atoms with E-state index >= 15 is 0 Å². The summed E-state index contributed by atoms with van der Waals surface area (Å²) in [6.07, 6.45) is 1.16. The minimum Gasteiger partial charge on any atom is -0.493 e. The van der Waals surface area contributed by atoms with E-state index in [9.17, 15) is 8.42 Å². The first-order valence-electron chi connectivity index (χ1n) is 6.24. The Labute approximate surface area is 121 Å². The molecule has 0 unspecified atom stereocenters. The van der Waals surface area contributed by atoms with E-state index in [-0.39, 0.29) is 23.5 Å². The van der Waals surface area contributed by atoms with Gasteiger partial charge in [0.2, 0.25) is 5.88 Å². The van der Waals surface area contributed by atoms with Crippen molar-refractivity contribution in [3.63, 3.8) is 0 Å². The number of hydrogen-bond donors (Lipinski definition) is 1. The second-order valence-electron chi connectivity index (χ2n) is 4.79. The van der Waals surface area contributed by atoms with E-state index < -0.39 is 9.84 Å². The second kappa shape index (κ2) is 4.96. The molecular weight excluding hydrogens is 296 g/mol. The van der Waals surface area contributed by atoms with Crippen LogP contribution in [0.4, 0.5) is 5.88 Å². The summed E-state index contributed by atoms with van der Waals surface area (Å²) in [7, 11) is -1.42. The minimum absolute atomic E-state index is 0.0236. The van der Waals surface area contributed by atoms with Gasteiger partial charge in [-0.15, -0.1) is 0 Å². The molecule has 2 aromatic rings. The van der Waals surface area contributed by atoms with Crippen LogP contribution >= 0.6 is 0 Å². The molecule has 7 nitrogen and oxygen atoms in total. The Morgan fingerprint density at radius 2 is 2.10 bits per heavy atom. The number of ether oxygens (including phenoxy) is 2. The molecule has 2 heterocycles. The fourth-order valence-electron chi connectivity index (χ4n) is 2.17. The Morgan fingerprint density at radius 3 is 2.67 bits per heavy atom. The Morgan fingerprint density at radius 1 is 1.33 bits per heavy atom. The molecule has 1 aliphatic heterocycles. The molecule has 1 aliphatic rings. The molecule has 0 aliphatic carbocycles. The van der Waals surface area contributed by atoms with Crippen LogP contribution in [0.2, 0.25) is 0 Å². The highest BCUT2D eigenvalue weighted by atomic mass is 32.2. The van der Waals surface area contributed by atoms with Crippen molar-refractivity contribution in [2.24, 2.45) is 0 Å². The van der Waals surface area contributed by atoms with E-state index in [0.717, 1.165) is 5.56 Å². The molecule has 0 radical (unpaired) electrons. The molecule has 0 spiro atoms. The van der Waals surface area contributed by atoms with E-state index in [2.05, 4.69) is 5.16 Å². The lowest BCUT2D eigenvalue weighted by atomic mass is 10.1. The highest BCUT2D eigenvalue weighted by Gasteiger charge is 2.35. The summed E-state index contributed by atoms with van der Waals surface area (Å²) >= 11 is 0. The maximum atomic E-state index is 11.2. The summed E-state index contributed by atoms with van der Waals surface area (Å²) in [6, 6.07) is 5.25. The van der Waals surface area contributed by atoms with Gasteiger partial charge >= 0.3 is 0 Å². The van der Waals surface area contributed by atoms with Gasteiger partial charge in [0.15, 0.2) is 21.3 Å². The SMILES string of the molecule is COc1ccc(-c2cnoc2N)cc1OC1CS(=O)(=O)C1. The van der Waals surface area contributed by atoms with Crippen molar-refractivity contribution in [3.05, 3.63) is 24.4 Å². The Hall–Kier alpha value is -2.22. The van der Waals surface area contributed by atoms with E-state index in [1.807, 2.05) is 0 Å². The van der Waals surface area contributed by atoms with Crippen molar-refractivity contribution < 1.29 is 22.4 Å². The molecule has 21 heavy (non-hydrogen) atoms. The zero-order valence-corrected chi connectivity index (χ0v) is 12.1. The van der Waals surface area contributed by atoms with Crippen molar-refractivity contribution in [1.82, 2.24) is 5.16 Å². The largest absolute Gasteiger partial charge is 0.493 e. The molecule has 0 bridgehead atoms. The zero-order chi connectivity index (χ0) is 15.0. The predicted molar refractivity (Wildman–Crippen MR) is 76.0 cm³/mol. The lowest BCUT2D eigenvalue weighted by molar-refractivity contribution is 0.219. The molecular formula is C13H14N2O5S. The fraction of sp³-hybridized carbons (Fsp3) is 0.308. The van der Waals surface area contributed by atoms with Crippen molar-refractivity contribution in [3.8, 4) is 22.6 Å². The summed E-state index contributed by atoms with van der Waals surface area (Å²) in [5.41, 5.74) is 7.09. The van der Waals surface area contributed by atoms with E-state index in [1.54, 1.807) is 18.2 Å². The predicted octanol–water partition coefficient (Wildman–Crippen LogP) is 1.11. The van der Waals surface area contributed by atoms with Crippen molar-refractivity contribution >= 4 is 15.7 Å². The Bertz CT molecular complexity index is 757. The van der Waals surface area contributed by atoms with Crippen LogP contribution in [0.5, 0.6) is 11.5 Å². The average Bonchev–Trinajstić information content (AvgIpc) is 2.83. The van der Waals surface area contributed by atoms with Crippen LogP contribution in [0.25, 0.3) is 11.1 Å². The number of hydrogen-bond acceptors (Lipinski definition) is 7. The summed E-state index contributed by atoms with van der Waals surface area (Å²) in [4.78, 5) is 0. The molecule has 1 saturated heterocycles. The van der Waals surface area contributed by atoms with Crippen LogP contribution in [0.3, 0.4) is 0 Å². The monoisotopic (exact) mass is 310 g/mol. The molecule has 0 amide bonds. The number of sulfone groups is 1. The Kier molecular flexibility index (Phi) is 3.25. The number of nitrogens with zero attached hydrogens (tertiary/aromatic N) is 1. The summed E-state index contributed by atoms with van der Waals surface area (Å²) in [5.74, 6) is 1.25. The fourth-order valence-corrected chi connectivity index (χ4v) is 3.34. The lowest BCUT2D eigenvalue weighted by Gasteiger charge is -2.27. The highest BCUT2D eigenvalue weighted by molar-refractivity contribution is 7.92. The minimum atomic E-state index is -2.94. The molecule has 112 valence electrons. The smallest absolute Gasteiger partial charge is 0.229 e. The van der Waals surface area contributed by atoms with Gasteiger partial charge in [0.1, 0.15) is 6.10 Å². The zero-order valence-electron chi connectivity index (χ0n) is 11.3. The van der Waals surface area contributed by atoms with Crippen LogP contribution in [0.15, 0.2) is 28.9 Å². The van der Waals surface area contributed by atoms with Crippen molar-refractivity contribution in [1.29, 1.82) is 0 Å². The number of nitrogen functional groups attached to an aromatic ring is 1. The number of methoxy groups -OCH3 is 1. The van der Waals surface area contributed by atoms with E-state index in [1.165, 1.54) is 13.3 Å². The molecule has 8 heteroatoms. The number of nitrogens with two attached hydrogens (primary N) is 1. The summed E-state index contributed by atoms with van der Waals surface area (Å²) in [5, 5.41) is 3.63. The number of rotatable bonds is 4. The first-order valence-corrected chi connectivity index (χ1v) is 8.06. The van der Waals surface area contributed by atoms with Crippen LogP contribution in [-0.4, -0.2) is 38.3 Å². The quantitative estimate of drug-likeness (QED) is 0.901. The third-order valence-corrected chi connectivity index (χ3v) is 5.01.